The van der Waals surface area contributed by atoms with E-state index in [9.17, 15) is 0 Å². The van der Waals surface area contributed by atoms with Gasteiger partial charge in [-0.1, -0.05) is 18.0 Å². The Morgan fingerprint density at radius 1 is 1.43 bits per heavy atom. The molecule has 1 atom stereocenters. The maximum atomic E-state index is 6.08. The Kier molecular flexibility index (Phi) is 5.04. The van der Waals surface area contributed by atoms with Crippen LogP contribution in [0, 0.1) is 4.84 Å². The summed E-state index contributed by atoms with van der Waals surface area (Å²) in [6.07, 6.45) is 3.71. The van der Waals surface area contributed by atoms with Crippen LogP contribution in [0.15, 0.2) is 22.6 Å². The second kappa shape index (κ2) is 7.03. The normalized spacial score (nSPS) is 19.0. The zero-order chi connectivity index (χ0) is 16.4. The molecule has 0 spiro atoms. The van der Waals surface area contributed by atoms with Crippen LogP contribution < -0.4 is 4.74 Å². The maximum Gasteiger partial charge on any atom is 0.288 e. The van der Waals surface area contributed by atoms with Crippen LogP contribution in [0.2, 0.25) is 5.02 Å². The molecule has 5 nitrogen and oxygen atoms in total. The minimum atomic E-state index is 0.361. The molecule has 7 heteroatoms. The maximum absolute atomic E-state index is 6.08. The van der Waals surface area contributed by atoms with E-state index in [-0.39, 0.29) is 0 Å². The molecule has 1 fully saturated rings. The average Bonchev–Trinajstić information content (AvgIpc) is 2.90. The van der Waals surface area contributed by atoms with Crippen LogP contribution in [0.3, 0.4) is 0 Å². The molecule has 0 bridgehead atoms. The van der Waals surface area contributed by atoms with Crippen molar-refractivity contribution in [2.24, 2.45) is 0 Å². The first-order valence-corrected chi connectivity index (χ1v) is 8.53. The van der Waals surface area contributed by atoms with Gasteiger partial charge in [-0.05, 0) is 50.2 Å². The number of methoxy groups -OCH3 is 1. The van der Waals surface area contributed by atoms with Gasteiger partial charge < -0.3 is 9.15 Å². The van der Waals surface area contributed by atoms with Crippen LogP contribution in [0.5, 0.6) is 5.75 Å². The molecule has 1 saturated heterocycles. The van der Waals surface area contributed by atoms with Gasteiger partial charge >= 0.3 is 0 Å². The highest BCUT2D eigenvalue weighted by molar-refractivity contribution is 7.71. The average molecular weight is 354 g/mol. The fourth-order valence-corrected chi connectivity index (χ4v) is 3.24. The lowest BCUT2D eigenvalue weighted by atomic mass is 10.0. The van der Waals surface area contributed by atoms with E-state index in [4.69, 9.17) is 33.0 Å². The highest BCUT2D eigenvalue weighted by atomic mass is 35.5. The van der Waals surface area contributed by atoms with Crippen LogP contribution in [-0.4, -0.2) is 34.4 Å². The summed E-state index contributed by atoms with van der Waals surface area (Å²) in [5.41, 5.74) is 0.705. The smallest absolute Gasteiger partial charge is 0.288 e. The molecule has 3 rings (SSSR count). The third-order valence-corrected chi connectivity index (χ3v) is 4.78. The third kappa shape index (κ3) is 3.59. The van der Waals surface area contributed by atoms with Gasteiger partial charge in [0.1, 0.15) is 5.75 Å². The van der Waals surface area contributed by atoms with Crippen LogP contribution in [0.4, 0.5) is 0 Å². The lowest BCUT2D eigenvalue weighted by Crippen LogP contribution is -2.38. The van der Waals surface area contributed by atoms with Crippen molar-refractivity contribution < 1.29 is 9.15 Å². The summed E-state index contributed by atoms with van der Waals surface area (Å²) in [7, 11) is 1.60. The summed E-state index contributed by atoms with van der Waals surface area (Å²) in [4.78, 5) is 2.74. The monoisotopic (exact) mass is 353 g/mol. The number of hydrogen-bond donors (Lipinski definition) is 0. The van der Waals surface area contributed by atoms with E-state index in [1.807, 2.05) is 0 Å². The van der Waals surface area contributed by atoms with Crippen molar-refractivity contribution in [3.05, 3.63) is 28.1 Å². The highest BCUT2D eigenvalue weighted by Gasteiger charge is 2.20. The van der Waals surface area contributed by atoms with Gasteiger partial charge in [-0.2, -0.15) is 0 Å². The molecule has 2 aromatic rings. The molecular weight excluding hydrogens is 334 g/mol. The Bertz CT molecular complexity index is 743. The molecule has 2 heterocycles. The first kappa shape index (κ1) is 16.5. The van der Waals surface area contributed by atoms with Crippen LogP contribution in [-0.2, 0) is 6.67 Å². The molecular formula is C16H20ClN3O2S. The predicted molar refractivity (Wildman–Crippen MR) is 92.3 cm³/mol. The van der Waals surface area contributed by atoms with Gasteiger partial charge in [0.25, 0.3) is 10.7 Å². The van der Waals surface area contributed by atoms with Gasteiger partial charge in [0.15, 0.2) is 0 Å². The van der Waals surface area contributed by atoms with Crippen molar-refractivity contribution in [2.45, 2.75) is 38.9 Å². The lowest BCUT2D eigenvalue weighted by molar-refractivity contribution is 0.113. The van der Waals surface area contributed by atoms with E-state index in [1.54, 1.807) is 30.0 Å². The number of aromatic nitrogens is 2. The van der Waals surface area contributed by atoms with E-state index in [0.29, 0.717) is 39.8 Å². The van der Waals surface area contributed by atoms with Crippen molar-refractivity contribution in [3.8, 4) is 17.2 Å². The molecule has 23 heavy (non-hydrogen) atoms. The van der Waals surface area contributed by atoms with Gasteiger partial charge in [-0.25, -0.2) is 4.68 Å². The van der Waals surface area contributed by atoms with E-state index >= 15 is 0 Å². The van der Waals surface area contributed by atoms with Gasteiger partial charge in [0.05, 0.1) is 19.3 Å². The molecule has 124 valence electrons. The van der Waals surface area contributed by atoms with Crippen molar-refractivity contribution in [3.63, 3.8) is 0 Å². The minimum Gasteiger partial charge on any atom is -0.496 e. The van der Waals surface area contributed by atoms with Crippen LogP contribution in [0.1, 0.15) is 26.2 Å². The fraction of sp³-hybridized carbons (Fsp3) is 0.500. The van der Waals surface area contributed by atoms with Crippen molar-refractivity contribution >= 4 is 23.8 Å². The van der Waals surface area contributed by atoms with Gasteiger partial charge in [-0.3, -0.25) is 4.90 Å². The fourth-order valence-electron chi connectivity index (χ4n) is 2.89. The van der Waals surface area contributed by atoms with Gasteiger partial charge in [-0.15, -0.1) is 5.10 Å². The summed E-state index contributed by atoms with van der Waals surface area (Å²) >= 11 is 11.4. The molecule has 0 amide bonds. The number of piperidine rings is 1. The SMILES string of the molecule is COc1ccc(Cl)cc1-c1nn(CN2CCCCC2C)c(=S)o1. The summed E-state index contributed by atoms with van der Waals surface area (Å²) in [6, 6.07) is 5.87. The Morgan fingerprint density at radius 2 is 2.26 bits per heavy atom. The Balaban J connectivity index is 1.89. The molecule has 1 aliphatic heterocycles. The first-order chi connectivity index (χ1) is 11.1. The molecule has 1 unspecified atom stereocenters. The molecule has 0 aliphatic carbocycles. The Hall–Kier alpha value is -1.37. The second-order valence-corrected chi connectivity index (χ2v) is 6.60. The van der Waals surface area contributed by atoms with Crippen LogP contribution in [0.25, 0.3) is 11.5 Å². The molecule has 1 aromatic carbocycles. The van der Waals surface area contributed by atoms with Gasteiger partial charge in [0, 0.05) is 17.6 Å². The van der Waals surface area contributed by atoms with E-state index in [0.717, 1.165) is 6.54 Å². The third-order valence-electron chi connectivity index (χ3n) is 4.25. The van der Waals surface area contributed by atoms with Crippen molar-refractivity contribution in [1.29, 1.82) is 0 Å². The number of ether oxygens (including phenoxy) is 1. The van der Waals surface area contributed by atoms with Crippen molar-refractivity contribution in [1.82, 2.24) is 14.7 Å². The highest BCUT2D eigenvalue weighted by Crippen LogP contribution is 2.31. The number of hydrogen-bond acceptors (Lipinski definition) is 5. The lowest BCUT2D eigenvalue weighted by Gasteiger charge is -2.32. The molecule has 1 aliphatic rings. The Morgan fingerprint density at radius 3 is 3.00 bits per heavy atom. The largest absolute Gasteiger partial charge is 0.496 e. The predicted octanol–water partition coefficient (Wildman–Crippen LogP) is 4.37. The standard InChI is InChI=1S/C16H20ClN3O2S/c1-11-5-3-4-8-19(11)10-20-16(23)22-15(18-20)13-9-12(17)6-7-14(13)21-2/h6-7,9,11H,3-5,8,10H2,1-2H3. The number of rotatable bonds is 4. The summed E-state index contributed by atoms with van der Waals surface area (Å²) in [6.45, 7) is 3.95. The number of benzene rings is 1. The summed E-state index contributed by atoms with van der Waals surface area (Å²) < 4.78 is 12.8. The van der Waals surface area contributed by atoms with Crippen LogP contribution >= 0.6 is 23.8 Å². The first-order valence-electron chi connectivity index (χ1n) is 7.74. The zero-order valence-electron chi connectivity index (χ0n) is 13.3. The molecule has 1 aromatic heterocycles. The summed E-state index contributed by atoms with van der Waals surface area (Å²) in [5, 5.41) is 5.12. The zero-order valence-corrected chi connectivity index (χ0v) is 14.9. The van der Waals surface area contributed by atoms with E-state index in [1.165, 1.54) is 19.3 Å². The molecule has 0 radical (unpaired) electrons. The Labute approximate surface area is 145 Å². The quantitative estimate of drug-likeness (QED) is 0.764. The topological polar surface area (TPSA) is 43.4 Å². The van der Waals surface area contributed by atoms with E-state index < -0.39 is 0 Å². The minimum absolute atomic E-state index is 0.361. The number of likely N-dealkylation sites (tertiary alicyclic amines) is 1. The van der Waals surface area contributed by atoms with Gasteiger partial charge in [0.2, 0.25) is 0 Å². The molecule has 0 saturated carbocycles. The number of halogens is 1. The summed E-state index contributed by atoms with van der Waals surface area (Å²) in [5.74, 6) is 1.09. The van der Waals surface area contributed by atoms with Crippen molar-refractivity contribution in [2.75, 3.05) is 13.7 Å². The molecule has 0 N–H and O–H groups in total. The van der Waals surface area contributed by atoms with E-state index in [2.05, 4.69) is 16.9 Å². The number of nitrogens with zero attached hydrogens (tertiary/aromatic N) is 3. The second-order valence-electron chi connectivity index (χ2n) is 5.82.